The molecule has 41 heavy (non-hydrogen) atoms. The molecule has 0 spiro atoms. The zero-order valence-corrected chi connectivity index (χ0v) is 22.9. The van der Waals surface area contributed by atoms with Crippen LogP contribution >= 0.6 is 0 Å². The molecule has 3 aromatic heterocycles. The summed E-state index contributed by atoms with van der Waals surface area (Å²) in [5.41, 5.74) is 3.60. The number of nitrogens with one attached hydrogen (secondary N) is 2. The van der Waals surface area contributed by atoms with Gasteiger partial charge in [0.25, 0.3) is 0 Å². The Balaban J connectivity index is 1.10. The molecule has 11 heteroatoms. The van der Waals surface area contributed by atoms with Gasteiger partial charge in [-0.05, 0) is 54.8 Å². The SMILES string of the molecule is O=C(N[C@@H](Cc1ccncc1)C(=O)N1CCN(c2ccncc2)CC1)N1CCC(n2c(=O)[nH]c3ccccc32)CC1. The van der Waals surface area contributed by atoms with Gasteiger partial charge in [0.15, 0.2) is 0 Å². The molecule has 1 atom stereocenters. The standard InChI is InChI=1S/C30H34N8O3/c39-28(36-19-17-35(18-20-36)23-7-13-32-14-8-23)26(21-22-5-11-31-12-6-22)34-29(40)37-15-9-24(10-16-37)38-27-4-2-1-3-25(27)33-30(38)41/h1-8,11-14,24,26H,9-10,15-21H2,(H,33,41)(H,34,40)/t26-/m0/s1. The molecule has 6 rings (SSSR count). The normalized spacial score (nSPS) is 17.0. The highest BCUT2D eigenvalue weighted by Crippen LogP contribution is 2.25. The molecular weight excluding hydrogens is 520 g/mol. The number of anilines is 1. The molecule has 5 heterocycles. The van der Waals surface area contributed by atoms with Gasteiger partial charge in [0, 0.05) is 82.2 Å². The highest BCUT2D eigenvalue weighted by atomic mass is 16.2. The van der Waals surface area contributed by atoms with Crippen LogP contribution in [0.4, 0.5) is 10.5 Å². The van der Waals surface area contributed by atoms with Crippen LogP contribution in [-0.2, 0) is 11.2 Å². The number of aromatic nitrogens is 4. The van der Waals surface area contributed by atoms with Gasteiger partial charge in [-0.1, -0.05) is 12.1 Å². The number of urea groups is 1. The van der Waals surface area contributed by atoms with E-state index in [0.29, 0.717) is 58.5 Å². The van der Waals surface area contributed by atoms with Gasteiger partial charge in [-0.3, -0.25) is 19.3 Å². The number of hydrogen-bond donors (Lipinski definition) is 2. The number of carbonyl (C=O) groups is 2. The molecule has 3 amide bonds. The number of pyridine rings is 2. The minimum Gasteiger partial charge on any atom is -0.368 e. The fourth-order valence-corrected chi connectivity index (χ4v) is 5.92. The first kappa shape index (κ1) is 26.5. The van der Waals surface area contributed by atoms with E-state index < -0.39 is 6.04 Å². The summed E-state index contributed by atoms with van der Waals surface area (Å²) < 4.78 is 1.81. The molecule has 2 aliphatic rings. The van der Waals surface area contributed by atoms with Crippen molar-refractivity contribution in [1.82, 2.24) is 34.6 Å². The summed E-state index contributed by atoms with van der Waals surface area (Å²) in [6.07, 6.45) is 8.65. The monoisotopic (exact) mass is 554 g/mol. The third-order valence-electron chi connectivity index (χ3n) is 8.15. The average molecular weight is 555 g/mol. The van der Waals surface area contributed by atoms with E-state index in [1.165, 1.54) is 0 Å². The van der Waals surface area contributed by atoms with E-state index in [9.17, 15) is 14.4 Å². The summed E-state index contributed by atoms with van der Waals surface area (Å²) >= 11 is 0. The Bertz CT molecular complexity index is 1540. The van der Waals surface area contributed by atoms with Crippen molar-refractivity contribution in [3.63, 3.8) is 0 Å². The van der Waals surface area contributed by atoms with E-state index in [1.807, 2.05) is 58.0 Å². The van der Waals surface area contributed by atoms with Crippen LogP contribution in [0.15, 0.2) is 78.1 Å². The van der Waals surface area contributed by atoms with Gasteiger partial charge in [0.05, 0.1) is 11.0 Å². The number of amides is 3. The third kappa shape index (κ3) is 5.79. The van der Waals surface area contributed by atoms with E-state index in [2.05, 4.69) is 25.2 Å². The second-order valence-corrected chi connectivity index (χ2v) is 10.6. The predicted molar refractivity (Wildman–Crippen MR) is 156 cm³/mol. The van der Waals surface area contributed by atoms with Crippen LogP contribution in [0.3, 0.4) is 0 Å². The summed E-state index contributed by atoms with van der Waals surface area (Å²) in [6.45, 7) is 3.59. The second kappa shape index (κ2) is 11.8. The Morgan fingerprint density at radius 3 is 2.22 bits per heavy atom. The molecular formula is C30H34N8O3. The summed E-state index contributed by atoms with van der Waals surface area (Å²) in [7, 11) is 0. The van der Waals surface area contributed by atoms with Gasteiger partial charge < -0.3 is 25.0 Å². The molecule has 0 bridgehead atoms. The Labute approximate surface area is 237 Å². The van der Waals surface area contributed by atoms with Crippen molar-refractivity contribution in [2.45, 2.75) is 31.3 Å². The number of hydrogen-bond acceptors (Lipinski definition) is 6. The van der Waals surface area contributed by atoms with Crippen LogP contribution in [0.25, 0.3) is 11.0 Å². The fourth-order valence-electron chi connectivity index (χ4n) is 5.92. The Hall–Kier alpha value is -4.67. The quantitative estimate of drug-likeness (QED) is 0.378. The molecule has 11 nitrogen and oxygen atoms in total. The van der Waals surface area contributed by atoms with Gasteiger partial charge in [0.2, 0.25) is 5.91 Å². The Morgan fingerprint density at radius 2 is 1.51 bits per heavy atom. The molecule has 4 aromatic rings. The lowest BCUT2D eigenvalue weighted by atomic mass is 10.0. The molecule has 0 unspecified atom stereocenters. The first-order chi connectivity index (χ1) is 20.1. The zero-order chi connectivity index (χ0) is 28.2. The second-order valence-electron chi connectivity index (χ2n) is 10.6. The lowest BCUT2D eigenvalue weighted by Crippen LogP contribution is -2.57. The highest BCUT2D eigenvalue weighted by Gasteiger charge is 2.32. The summed E-state index contributed by atoms with van der Waals surface area (Å²) in [4.78, 5) is 56.8. The van der Waals surface area contributed by atoms with Crippen molar-refractivity contribution in [2.24, 2.45) is 0 Å². The van der Waals surface area contributed by atoms with Crippen LogP contribution in [0.5, 0.6) is 0 Å². The lowest BCUT2D eigenvalue weighted by Gasteiger charge is -2.38. The number of rotatable bonds is 6. The van der Waals surface area contributed by atoms with E-state index in [4.69, 9.17) is 0 Å². The molecule has 0 aliphatic carbocycles. The molecule has 212 valence electrons. The number of piperazine rings is 1. The van der Waals surface area contributed by atoms with Gasteiger partial charge in [-0.25, -0.2) is 9.59 Å². The first-order valence-corrected chi connectivity index (χ1v) is 14.1. The van der Waals surface area contributed by atoms with Crippen LogP contribution < -0.4 is 15.9 Å². The summed E-state index contributed by atoms with van der Waals surface area (Å²) in [6, 6.07) is 14.4. The number of aromatic amines is 1. The van der Waals surface area contributed by atoms with Gasteiger partial charge in [0.1, 0.15) is 6.04 Å². The van der Waals surface area contributed by atoms with E-state index in [-0.39, 0.29) is 23.7 Å². The highest BCUT2D eigenvalue weighted by molar-refractivity contribution is 5.87. The molecule has 2 aliphatic heterocycles. The molecule has 1 aromatic carbocycles. The molecule has 0 radical (unpaired) electrons. The van der Waals surface area contributed by atoms with Crippen LogP contribution in [0.2, 0.25) is 0 Å². The topological polar surface area (TPSA) is 119 Å². The van der Waals surface area contributed by atoms with E-state index >= 15 is 0 Å². The summed E-state index contributed by atoms with van der Waals surface area (Å²) in [5, 5.41) is 3.04. The zero-order valence-electron chi connectivity index (χ0n) is 22.9. The molecule has 2 fully saturated rings. The van der Waals surface area contributed by atoms with Crippen molar-refractivity contribution in [2.75, 3.05) is 44.2 Å². The van der Waals surface area contributed by atoms with Crippen molar-refractivity contribution < 1.29 is 9.59 Å². The van der Waals surface area contributed by atoms with E-state index in [1.54, 1.807) is 29.7 Å². The summed E-state index contributed by atoms with van der Waals surface area (Å²) in [5.74, 6) is -0.0789. The van der Waals surface area contributed by atoms with Crippen molar-refractivity contribution in [1.29, 1.82) is 0 Å². The van der Waals surface area contributed by atoms with Crippen LogP contribution in [0.1, 0.15) is 24.4 Å². The fraction of sp³-hybridized carbons (Fsp3) is 0.367. The number of likely N-dealkylation sites (tertiary alicyclic amines) is 1. The largest absolute Gasteiger partial charge is 0.368 e. The first-order valence-electron chi connectivity index (χ1n) is 14.1. The maximum atomic E-state index is 13.7. The molecule has 2 saturated heterocycles. The number of piperidine rings is 1. The number of fused-ring (bicyclic) bond motifs is 1. The number of imidazole rings is 1. The number of para-hydroxylation sites is 2. The smallest absolute Gasteiger partial charge is 0.326 e. The minimum absolute atomic E-state index is 0.00800. The lowest BCUT2D eigenvalue weighted by molar-refractivity contribution is -0.133. The van der Waals surface area contributed by atoms with Crippen molar-refractivity contribution >= 4 is 28.7 Å². The number of nitrogens with zero attached hydrogens (tertiary/aromatic N) is 6. The van der Waals surface area contributed by atoms with Crippen LogP contribution in [0, 0.1) is 0 Å². The average Bonchev–Trinajstić information content (AvgIpc) is 3.37. The van der Waals surface area contributed by atoms with E-state index in [0.717, 1.165) is 22.3 Å². The predicted octanol–water partition coefficient (Wildman–Crippen LogP) is 2.43. The van der Waals surface area contributed by atoms with Gasteiger partial charge >= 0.3 is 11.7 Å². The maximum Gasteiger partial charge on any atom is 0.326 e. The van der Waals surface area contributed by atoms with Gasteiger partial charge in [-0.15, -0.1) is 0 Å². The maximum absolute atomic E-state index is 13.7. The van der Waals surface area contributed by atoms with Crippen molar-refractivity contribution in [3.8, 4) is 0 Å². The third-order valence-corrected chi connectivity index (χ3v) is 8.15. The molecule has 2 N–H and O–H groups in total. The number of H-pyrrole nitrogens is 1. The number of benzene rings is 1. The van der Waals surface area contributed by atoms with Crippen molar-refractivity contribution in [3.05, 3.63) is 89.4 Å². The molecule has 0 saturated carbocycles. The Kier molecular flexibility index (Phi) is 7.66. The minimum atomic E-state index is -0.689. The number of carbonyl (C=O) groups excluding carboxylic acids is 2. The van der Waals surface area contributed by atoms with Gasteiger partial charge in [-0.2, -0.15) is 0 Å². The van der Waals surface area contributed by atoms with Crippen LogP contribution in [-0.4, -0.2) is 86.6 Å². The Morgan fingerprint density at radius 1 is 0.854 bits per heavy atom.